The highest BCUT2D eigenvalue weighted by Gasteiger charge is 2.34. The molecule has 1 N–H and O–H groups in total. The number of benzene rings is 2. The third-order valence-electron chi connectivity index (χ3n) is 6.29. The maximum atomic E-state index is 13.9. The summed E-state index contributed by atoms with van der Waals surface area (Å²) < 4.78 is 5.81. The summed E-state index contributed by atoms with van der Waals surface area (Å²) >= 11 is 6.06. The van der Waals surface area contributed by atoms with E-state index in [-0.39, 0.29) is 11.9 Å². The summed E-state index contributed by atoms with van der Waals surface area (Å²) in [6.07, 6.45) is 5.24. The Morgan fingerprint density at radius 3 is 2.88 bits per heavy atom. The average Bonchev–Trinajstić information content (AvgIpc) is 3.47. The van der Waals surface area contributed by atoms with Crippen LogP contribution in [0, 0.1) is 12.8 Å². The molecule has 4 aromatic rings. The first-order valence-electron chi connectivity index (χ1n) is 11.1. The van der Waals surface area contributed by atoms with Crippen LogP contribution < -0.4 is 5.32 Å². The van der Waals surface area contributed by atoms with Crippen molar-refractivity contribution in [2.75, 3.05) is 18.4 Å². The van der Waals surface area contributed by atoms with Gasteiger partial charge in [-0.1, -0.05) is 30.7 Å². The zero-order valence-electron chi connectivity index (χ0n) is 18.5. The van der Waals surface area contributed by atoms with E-state index in [1.54, 1.807) is 24.5 Å². The van der Waals surface area contributed by atoms with Crippen molar-refractivity contribution in [2.24, 2.45) is 5.92 Å². The molecule has 33 heavy (non-hydrogen) atoms. The summed E-state index contributed by atoms with van der Waals surface area (Å²) in [4.78, 5) is 21.8. The van der Waals surface area contributed by atoms with Gasteiger partial charge in [-0.05, 0) is 49.4 Å². The number of aryl methyl sites for hydroxylation is 1. The number of likely N-dealkylation sites (tertiary alicyclic amines) is 1. The number of oxazole rings is 1. The number of hydrogen-bond donors (Lipinski definition) is 1. The molecule has 5 rings (SSSR count). The minimum atomic E-state index is -0.0112. The van der Waals surface area contributed by atoms with Crippen molar-refractivity contribution >= 4 is 34.6 Å². The van der Waals surface area contributed by atoms with Crippen molar-refractivity contribution < 1.29 is 9.21 Å². The Hall–Kier alpha value is -3.39. The molecule has 1 aliphatic heterocycles. The van der Waals surface area contributed by atoms with E-state index in [1.807, 2.05) is 36.1 Å². The monoisotopic (exact) mass is 464 g/mol. The van der Waals surface area contributed by atoms with Gasteiger partial charge < -0.3 is 14.6 Å². The second-order valence-electron chi connectivity index (χ2n) is 8.48. The normalized spacial score (nSPS) is 18.6. The summed E-state index contributed by atoms with van der Waals surface area (Å²) in [5.41, 5.74) is 3.58. The molecule has 0 aliphatic carbocycles. The lowest BCUT2D eigenvalue weighted by Crippen LogP contribution is -2.51. The van der Waals surface area contributed by atoms with E-state index in [0.29, 0.717) is 46.9 Å². The molecule has 0 radical (unpaired) electrons. The number of fused-ring (bicyclic) bond motifs is 1. The fourth-order valence-corrected chi connectivity index (χ4v) is 4.72. The summed E-state index contributed by atoms with van der Waals surface area (Å²) in [7, 11) is 0. The number of amides is 1. The molecule has 0 bridgehead atoms. The molecule has 2 unspecified atom stereocenters. The maximum Gasteiger partial charge on any atom is 0.295 e. The van der Waals surface area contributed by atoms with Gasteiger partial charge in [0.2, 0.25) is 0 Å². The van der Waals surface area contributed by atoms with Crippen molar-refractivity contribution in [3.05, 3.63) is 64.9 Å². The molecular formula is C24H25ClN6O2. The molecule has 0 saturated carbocycles. The molecule has 1 aliphatic rings. The van der Waals surface area contributed by atoms with E-state index in [0.717, 1.165) is 23.9 Å². The molecule has 1 amide bonds. The molecule has 2 aromatic heterocycles. The number of halogens is 1. The van der Waals surface area contributed by atoms with E-state index >= 15 is 0 Å². The van der Waals surface area contributed by atoms with Gasteiger partial charge in [0.15, 0.2) is 5.58 Å². The minimum Gasteiger partial charge on any atom is -0.424 e. The molecule has 170 valence electrons. The summed E-state index contributed by atoms with van der Waals surface area (Å²) in [6, 6.07) is 11.5. The number of nitrogens with zero attached hydrogens (tertiary/aromatic N) is 5. The van der Waals surface area contributed by atoms with Crippen LogP contribution in [0.25, 0.3) is 16.8 Å². The number of aromatic nitrogens is 4. The molecule has 0 spiro atoms. The zero-order chi connectivity index (χ0) is 22.9. The lowest BCUT2D eigenvalue weighted by atomic mass is 9.89. The SMILES string of the molecule is Cc1cccc(-n2nccn2)c1C(=O)N1CCCC(C)C1CNc1nc2ccc(Cl)cc2o1. The van der Waals surface area contributed by atoms with Gasteiger partial charge in [-0.25, -0.2) is 0 Å². The van der Waals surface area contributed by atoms with Crippen LogP contribution in [0.1, 0.15) is 35.7 Å². The van der Waals surface area contributed by atoms with Gasteiger partial charge in [0.25, 0.3) is 11.9 Å². The van der Waals surface area contributed by atoms with E-state index in [4.69, 9.17) is 16.0 Å². The van der Waals surface area contributed by atoms with Crippen LogP contribution in [0.4, 0.5) is 6.01 Å². The zero-order valence-corrected chi connectivity index (χ0v) is 19.3. The Morgan fingerprint density at radius 1 is 1.24 bits per heavy atom. The van der Waals surface area contributed by atoms with Crippen LogP contribution in [0.5, 0.6) is 0 Å². The molecule has 1 fully saturated rings. The highest BCUT2D eigenvalue weighted by Crippen LogP contribution is 2.29. The van der Waals surface area contributed by atoms with Crippen molar-refractivity contribution in [1.82, 2.24) is 24.9 Å². The molecule has 2 aromatic carbocycles. The molecular weight excluding hydrogens is 440 g/mol. The van der Waals surface area contributed by atoms with Crippen molar-refractivity contribution in [1.29, 1.82) is 0 Å². The highest BCUT2D eigenvalue weighted by molar-refractivity contribution is 6.31. The van der Waals surface area contributed by atoms with Gasteiger partial charge in [-0.15, -0.1) is 0 Å². The first-order valence-corrected chi connectivity index (χ1v) is 11.5. The molecule has 8 nitrogen and oxygen atoms in total. The van der Waals surface area contributed by atoms with Gasteiger partial charge in [-0.3, -0.25) is 4.79 Å². The summed E-state index contributed by atoms with van der Waals surface area (Å²) in [5.74, 6) is 0.312. The van der Waals surface area contributed by atoms with Crippen LogP contribution in [0.2, 0.25) is 5.02 Å². The van der Waals surface area contributed by atoms with Crippen LogP contribution >= 0.6 is 11.6 Å². The predicted octanol–water partition coefficient (Wildman–Crippen LogP) is 4.72. The third-order valence-corrected chi connectivity index (χ3v) is 6.52. The van der Waals surface area contributed by atoms with Crippen LogP contribution in [0.15, 0.2) is 53.2 Å². The topological polar surface area (TPSA) is 89.1 Å². The predicted molar refractivity (Wildman–Crippen MR) is 127 cm³/mol. The fourth-order valence-electron chi connectivity index (χ4n) is 4.56. The van der Waals surface area contributed by atoms with E-state index < -0.39 is 0 Å². The largest absolute Gasteiger partial charge is 0.424 e. The number of carbonyl (C=O) groups is 1. The van der Waals surface area contributed by atoms with Crippen LogP contribution in [-0.2, 0) is 0 Å². The molecule has 3 heterocycles. The van der Waals surface area contributed by atoms with Crippen molar-refractivity contribution in [3.8, 4) is 5.69 Å². The first kappa shape index (κ1) is 21.5. The Balaban J connectivity index is 1.41. The Labute approximate surface area is 196 Å². The quantitative estimate of drug-likeness (QED) is 0.459. The Kier molecular flexibility index (Phi) is 5.76. The van der Waals surface area contributed by atoms with Gasteiger partial charge >= 0.3 is 0 Å². The Morgan fingerprint density at radius 2 is 2.06 bits per heavy atom. The number of nitrogens with one attached hydrogen (secondary N) is 1. The van der Waals surface area contributed by atoms with Crippen LogP contribution in [0.3, 0.4) is 0 Å². The number of rotatable bonds is 5. The second kappa shape index (κ2) is 8.86. The minimum absolute atomic E-state index is 0.0110. The van der Waals surface area contributed by atoms with Crippen molar-refractivity contribution in [2.45, 2.75) is 32.7 Å². The Bertz CT molecular complexity index is 1290. The lowest BCUT2D eigenvalue weighted by molar-refractivity contribution is 0.0538. The van der Waals surface area contributed by atoms with E-state index in [1.165, 1.54) is 4.80 Å². The average molecular weight is 465 g/mol. The van der Waals surface area contributed by atoms with Gasteiger partial charge in [0.1, 0.15) is 5.52 Å². The fraction of sp³-hybridized carbons (Fsp3) is 0.333. The van der Waals surface area contributed by atoms with Gasteiger partial charge in [0.05, 0.1) is 29.7 Å². The van der Waals surface area contributed by atoms with Crippen LogP contribution in [-0.4, -0.2) is 49.9 Å². The number of hydrogen-bond acceptors (Lipinski definition) is 6. The van der Waals surface area contributed by atoms with E-state index in [2.05, 4.69) is 27.4 Å². The van der Waals surface area contributed by atoms with Gasteiger partial charge in [-0.2, -0.15) is 20.0 Å². The number of piperidine rings is 1. The van der Waals surface area contributed by atoms with E-state index in [9.17, 15) is 4.79 Å². The first-order chi connectivity index (χ1) is 16.0. The second-order valence-corrected chi connectivity index (χ2v) is 8.92. The summed E-state index contributed by atoms with van der Waals surface area (Å²) in [5, 5.41) is 12.4. The van der Waals surface area contributed by atoms with Gasteiger partial charge in [0, 0.05) is 24.2 Å². The number of carbonyl (C=O) groups excluding carboxylic acids is 1. The highest BCUT2D eigenvalue weighted by atomic mass is 35.5. The standard InChI is InChI=1S/C24H25ClN6O2/c1-15-6-4-12-30(20(15)14-26-24-29-18-9-8-17(25)13-21(18)33-24)23(32)22-16(2)5-3-7-19(22)31-27-10-11-28-31/h3,5,7-11,13,15,20H,4,6,12,14H2,1-2H3,(H,26,29). The lowest BCUT2D eigenvalue weighted by Gasteiger charge is -2.40. The molecule has 1 saturated heterocycles. The summed E-state index contributed by atoms with van der Waals surface area (Å²) in [6.45, 7) is 5.36. The number of anilines is 1. The third kappa shape index (κ3) is 4.18. The van der Waals surface area contributed by atoms with Crippen molar-refractivity contribution in [3.63, 3.8) is 0 Å². The molecule has 2 atom stereocenters. The maximum absolute atomic E-state index is 13.9. The smallest absolute Gasteiger partial charge is 0.295 e. The molecule has 9 heteroatoms.